The Balaban J connectivity index is 1.68. The first-order valence-corrected chi connectivity index (χ1v) is 9.06. The number of hydrogen-bond donors (Lipinski definition) is 0. The van der Waals surface area contributed by atoms with Crippen LogP contribution < -0.4 is 4.90 Å². The standard InChI is InChI=1S/C23H23N3O/c1-25(17-19-12-13-20-8-5-6-9-21(20)16-19)18-23(27)26(15-7-14-24)22-10-3-2-4-11-22/h2-6,8-13,16H,7,15,17-18H2,1H3. The number of para-hydroxylation sites is 1. The number of benzene rings is 3. The molecule has 0 saturated heterocycles. The van der Waals surface area contributed by atoms with E-state index in [1.54, 1.807) is 4.90 Å². The first-order chi connectivity index (χ1) is 13.2. The lowest BCUT2D eigenvalue weighted by Gasteiger charge is -2.25. The number of anilines is 1. The average Bonchev–Trinajstić information content (AvgIpc) is 2.69. The van der Waals surface area contributed by atoms with Crippen molar-refractivity contribution in [1.82, 2.24) is 4.90 Å². The van der Waals surface area contributed by atoms with Crippen molar-refractivity contribution in [1.29, 1.82) is 5.26 Å². The molecule has 0 aliphatic carbocycles. The maximum absolute atomic E-state index is 12.8. The van der Waals surface area contributed by atoms with E-state index < -0.39 is 0 Å². The van der Waals surface area contributed by atoms with Crippen LogP contribution in [-0.4, -0.2) is 30.9 Å². The summed E-state index contributed by atoms with van der Waals surface area (Å²) in [6, 6.07) is 26.3. The van der Waals surface area contributed by atoms with Crippen molar-refractivity contribution in [3.8, 4) is 6.07 Å². The number of nitrogens with zero attached hydrogens (tertiary/aromatic N) is 3. The van der Waals surface area contributed by atoms with Gasteiger partial charge in [-0.05, 0) is 41.6 Å². The van der Waals surface area contributed by atoms with Gasteiger partial charge in [-0.3, -0.25) is 9.69 Å². The Morgan fingerprint density at radius 3 is 2.41 bits per heavy atom. The summed E-state index contributed by atoms with van der Waals surface area (Å²) in [5, 5.41) is 11.3. The molecular formula is C23H23N3O. The summed E-state index contributed by atoms with van der Waals surface area (Å²) in [7, 11) is 1.94. The monoisotopic (exact) mass is 357 g/mol. The molecule has 3 aromatic carbocycles. The third kappa shape index (κ3) is 4.93. The van der Waals surface area contributed by atoms with Gasteiger partial charge in [-0.15, -0.1) is 0 Å². The Kier molecular flexibility index (Phi) is 6.19. The Labute approximate surface area is 160 Å². The van der Waals surface area contributed by atoms with Gasteiger partial charge in [0, 0.05) is 18.8 Å². The second-order valence-electron chi connectivity index (χ2n) is 6.64. The first kappa shape index (κ1) is 18.6. The van der Waals surface area contributed by atoms with Gasteiger partial charge >= 0.3 is 0 Å². The van der Waals surface area contributed by atoms with Crippen molar-refractivity contribution in [2.24, 2.45) is 0 Å². The van der Waals surface area contributed by atoms with Gasteiger partial charge in [0.05, 0.1) is 19.0 Å². The van der Waals surface area contributed by atoms with E-state index in [-0.39, 0.29) is 5.91 Å². The lowest BCUT2D eigenvalue weighted by molar-refractivity contribution is -0.119. The van der Waals surface area contributed by atoms with Crippen molar-refractivity contribution >= 4 is 22.4 Å². The Morgan fingerprint density at radius 2 is 1.67 bits per heavy atom. The molecule has 0 bridgehead atoms. The number of hydrogen-bond acceptors (Lipinski definition) is 3. The molecule has 4 nitrogen and oxygen atoms in total. The van der Waals surface area contributed by atoms with Crippen molar-refractivity contribution in [3.63, 3.8) is 0 Å². The molecule has 0 unspecified atom stereocenters. The van der Waals surface area contributed by atoms with Gasteiger partial charge in [-0.2, -0.15) is 5.26 Å². The van der Waals surface area contributed by atoms with Gasteiger partial charge in [-0.25, -0.2) is 0 Å². The number of nitriles is 1. The van der Waals surface area contributed by atoms with E-state index in [9.17, 15) is 4.79 Å². The highest BCUT2D eigenvalue weighted by Gasteiger charge is 2.17. The Morgan fingerprint density at radius 1 is 0.963 bits per heavy atom. The zero-order chi connectivity index (χ0) is 19.1. The van der Waals surface area contributed by atoms with Crippen molar-refractivity contribution in [3.05, 3.63) is 78.4 Å². The van der Waals surface area contributed by atoms with E-state index >= 15 is 0 Å². The number of likely N-dealkylation sites (N-methyl/N-ethyl adjacent to an activating group) is 1. The molecule has 0 aliphatic rings. The predicted molar refractivity (Wildman–Crippen MR) is 109 cm³/mol. The molecule has 1 amide bonds. The largest absolute Gasteiger partial charge is 0.310 e. The zero-order valence-corrected chi connectivity index (χ0v) is 15.5. The highest BCUT2D eigenvalue weighted by Crippen LogP contribution is 2.17. The van der Waals surface area contributed by atoms with Gasteiger partial charge in [0.15, 0.2) is 0 Å². The van der Waals surface area contributed by atoms with Gasteiger partial charge in [-0.1, -0.05) is 54.6 Å². The van der Waals surface area contributed by atoms with Crippen molar-refractivity contribution in [2.45, 2.75) is 13.0 Å². The van der Waals surface area contributed by atoms with Gasteiger partial charge < -0.3 is 4.90 Å². The maximum Gasteiger partial charge on any atom is 0.241 e. The minimum absolute atomic E-state index is 0.000242. The molecule has 0 atom stereocenters. The van der Waals surface area contributed by atoms with Crippen LogP contribution in [0.3, 0.4) is 0 Å². The molecule has 0 saturated carbocycles. The number of fused-ring (bicyclic) bond motifs is 1. The topological polar surface area (TPSA) is 47.3 Å². The highest BCUT2D eigenvalue weighted by molar-refractivity contribution is 5.94. The highest BCUT2D eigenvalue weighted by atomic mass is 16.2. The van der Waals surface area contributed by atoms with Crippen molar-refractivity contribution < 1.29 is 4.79 Å². The van der Waals surface area contributed by atoms with Crippen LogP contribution in [0.2, 0.25) is 0 Å². The van der Waals surface area contributed by atoms with Gasteiger partial charge in [0.2, 0.25) is 5.91 Å². The van der Waals surface area contributed by atoms with E-state index in [0.717, 1.165) is 5.69 Å². The van der Waals surface area contributed by atoms with Gasteiger partial charge in [0.25, 0.3) is 0 Å². The molecule has 0 aromatic heterocycles. The Hall–Kier alpha value is -3.16. The SMILES string of the molecule is CN(CC(=O)N(CCC#N)c1ccccc1)Cc1ccc2ccccc2c1. The summed E-state index contributed by atoms with van der Waals surface area (Å²) in [5.74, 6) is -0.000242. The predicted octanol–water partition coefficient (Wildman–Crippen LogP) is 4.22. The lowest BCUT2D eigenvalue weighted by Crippen LogP contribution is -2.39. The molecule has 0 spiro atoms. The summed E-state index contributed by atoms with van der Waals surface area (Å²) in [6.45, 7) is 1.40. The van der Waals surface area contributed by atoms with E-state index in [1.807, 2.05) is 54.4 Å². The number of carbonyl (C=O) groups is 1. The van der Waals surface area contributed by atoms with Crippen LogP contribution in [0.5, 0.6) is 0 Å². The summed E-state index contributed by atoms with van der Waals surface area (Å²) in [4.78, 5) is 16.5. The summed E-state index contributed by atoms with van der Waals surface area (Å²) < 4.78 is 0. The fraction of sp³-hybridized carbons (Fsp3) is 0.217. The van der Waals surface area contributed by atoms with Crippen LogP contribution in [0.15, 0.2) is 72.8 Å². The molecule has 0 aliphatic heterocycles. The third-order valence-electron chi connectivity index (χ3n) is 4.49. The minimum atomic E-state index is -0.000242. The molecule has 3 aromatic rings. The minimum Gasteiger partial charge on any atom is -0.310 e. The summed E-state index contributed by atoms with van der Waals surface area (Å²) >= 11 is 0. The molecule has 0 N–H and O–H groups in total. The fourth-order valence-electron chi connectivity index (χ4n) is 3.19. The third-order valence-corrected chi connectivity index (χ3v) is 4.49. The van der Waals surface area contributed by atoms with E-state index in [1.165, 1.54) is 16.3 Å². The van der Waals surface area contributed by atoms with Gasteiger partial charge in [0.1, 0.15) is 0 Å². The number of amides is 1. The van der Waals surface area contributed by atoms with Crippen LogP contribution in [0, 0.1) is 11.3 Å². The van der Waals surface area contributed by atoms with E-state index in [4.69, 9.17) is 5.26 Å². The second kappa shape index (κ2) is 8.98. The number of rotatable bonds is 7. The van der Waals surface area contributed by atoms with Crippen LogP contribution in [-0.2, 0) is 11.3 Å². The zero-order valence-electron chi connectivity index (χ0n) is 15.5. The summed E-state index contributed by atoms with van der Waals surface area (Å²) in [6.07, 6.45) is 0.315. The molecule has 3 rings (SSSR count). The van der Waals surface area contributed by atoms with Crippen LogP contribution in [0.25, 0.3) is 10.8 Å². The molecule has 0 fully saturated rings. The molecule has 136 valence electrons. The number of carbonyl (C=O) groups excluding carboxylic acids is 1. The normalized spacial score (nSPS) is 10.7. The lowest BCUT2D eigenvalue weighted by atomic mass is 10.1. The first-order valence-electron chi connectivity index (χ1n) is 9.06. The maximum atomic E-state index is 12.8. The molecule has 4 heteroatoms. The van der Waals surface area contributed by atoms with E-state index in [0.29, 0.717) is 26.1 Å². The van der Waals surface area contributed by atoms with Crippen LogP contribution >= 0.6 is 0 Å². The molecule has 0 heterocycles. The quantitative estimate of drug-likeness (QED) is 0.636. The molecule has 0 radical (unpaired) electrons. The summed E-state index contributed by atoms with van der Waals surface area (Å²) in [5.41, 5.74) is 2.00. The fourth-order valence-corrected chi connectivity index (χ4v) is 3.19. The molecular weight excluding hydrogens is 334 g/mol. The smallest absolute Gasteiger partial charge is 0.241 e. The average molecular weight is 357 g/mol. The second-order valence-corrected chi connectivity index (χ2v) is 6.64. The van der Waals surface area contributed by atoms with Crippen LogP contribution in [0.1, 0.15) is 12.0 Å². The van der Waals surface area contributed by atoms with E-state index in [2.05, 4.69) is 36.4 Å². The molecule has 27 heavy (non-hydrogen) atoms. The Bertz CT molecular complexity index is 946. The van der Waals surface area contributed by atoms with Crippen LogP contribution in [0.4, 0.5) is 5.69 Å². The van der Waals surface area contributed by atoms with Crippen molar-refractivity contribution in [2.75, 3.05) is 25.0 Å².